The van der Waals surface area contributed by atoms with Gasteiger partial charge in [0.2, 0.25) is 0 Å². The summed E-state index contributed by atoms with van der Waals surface area (Å²) in [7, 11) is -1.99. The maximum Gasteiger partial charge on any atom is 0.262 e. The molecule has 1 atom stereocenters. The molecule has 0 N–H and O–H groups in total. The molecule has 1 fully saturated rings. The number of amides is 2. The predicted octanol–water partition coefficient (Wildman–Crippen LogP) is 5.81. The molecule has 29 heavy (non-hydrogen) atoms. The van der Waals surface area contributed by atoms with E-state index in [0.717, 1.165) is 0 Å². The second-order valence-electron chi connectivity index (χ2n) is 9.95. The van der Waals surface area contributed by atoms with Crippen molar-refractivity contribution in [2.24, 2.45) is 5.92 Å². The van der Waals surface area contributed by atoms with Crippen molar-refractivity contribution in [3.63, 3.8) is 0 Å². The zero-order valence-corrected chi connectivity index (χ0v) is 19.5. The Balaban J connectivity index is 1.84. The number of allylic oxidation sites excluding steroid dienone is 1. The van der Waals surface area contributed by atoms with Gasteiger partial charge in [-0.1, -0.05) is 64.3 Å². The van der Waals surface area contributed by atoms with Crippen LogP contribution >= 0.6 is 0 Å². The maximum absolute atomic E-state index is 13.0. The van der Waals surface area contributed by atoms with Gasteiger partial charge in [-0.15, -0.1) is 0 Å². The zero-order chi connectivity index (χ0) is 21.2. The Hall–Kier alpha value is -1.72. The summed E-state index contributed by atoms with van der Waals surface area (Å²) in [6.45, 7) is 11.4. The summed E-state index contributed by atoms with van der Waals surface area (Å²) in [5.41, 5.74) is 1.00. The van der Waals surface area contributed by atoms with Crippen molar-refractivity contribution in [2.45, 2.75) is 77.0 Å². The van der Waals surface area contributed by atoms with E-state index in [1.807, 2.05) is 12.1 Å². The van der Waals surface area contributed by atoms with E-state index >= 15 is 0 Å². The number of carbonyl (C=O) groups excluding carboxylic acids is 2. The summed E-state index contributed by atoms with van der Waals surface area (Å²) in [5.74, 6) is 0.125. The van der Waals surface area contributed by atoms with Gasteiger partial charge in [0.15, 0.2) is 8.32 Å². The number of fused-ring (bicyclic) bond motifs is 1. The van der Waals surface area contributed by atoms with E-state index in [9.17, 15) is 9.59 Å². The number of hydrogen-bond donors (Lipinski definition) is 0. The second-order valence-corrected chi connectivity index (χ2v) is 14.8. The van der Waals surface area contributed by atoms with Gasteiger partial charge in [0.1, 0.15) is 0 Å². The smallest absolute Gasteiger partial charge is 0.262 e. The standard InChI is InChI=1S/C24H35NO3Si/c1-24(2,3)29(4,5)28-17-19(16-15-18-11-7-6-8-12-18)25-22(26)20-13-9-10-14-21(20)23(25)27/h9-10,13-16,18-19H,6-8,11-12,17H2,1-5H3/t19-/m1/s1. The fourth-order valence-corrected chi connectivity index (χ4v) is 4.87. The number of benzene rings is 1. The Kier molecular flexibility index (Phi) is 6.49. The minimum Gasteiger partial charge on any atom is -0.414 e. The van der Waals surface area contributed by atoms with Crippen molar-refractivity contribution in [1.82, 2.24) is 4.90 Å². The number of nitrogens with zero attached hydrogens (tertiary/aromatic N) is 1. The second kappa shape index (κ2) is 8.56. The Morgan fingerprint density at radius 2 is 1.62 bits per heavy atom. The van der Waals surface area contributed by atoms with Crippen LogP contribution in [0.2, 0.25) is 18.1 Å². The molecule has 0 radical (unpaired) electrons. The molecule has 2 amide bonds. The molecule has 2 aliphatic rings. The largest absolute Gasteiger partial charge is 0.414 e. The first-order valence-corrected chi connectivity index (χ1v) is 13.8. The Labute approximate surface area is 176 Å². The molecular formula is C24H35NO3Si. The number of hydrogen-bond acceptors (Lipinski definition) is 3. The van der Waals surface area contributed by atoms with E-state index < -0.39 is 8.32 Å². The normalized spacial score (nSPS) is 19.8. The van der Waals surface area contributed by atoms with Crippen molar-refractivity contribution in [1.29, 1.82) is 0 Å². The zero-order valence-electron chi connectivity index (χ0n) is 18.5. The van der Waals surface area contributed by atoms with Gasteiger partial charge in [0.25, 0.3) is 11.8 Å². The topological polar surface area (TPSA) is 46.6 Å². The molecule has 0 bridgehead atoms. The van der Waals surface area contributed by atoms with Crippen LogP contribution in [-0.2, 0) is 4.43 Å². The van der Waals surface area contributed by atoms with Gasteiger partial charge >= 0.3 is 0 Å². The van der Waals surface area contributed by atoms with Crippen LogP contribution in [0.15, 0.2) is 36.4 Å². The van der Waals surface area contributed by atoms with Crippen LogP contribution in [0.1, 0.15) is 73.6 Å². The van der Waals surface area contributed by atoms with Crippen LogP contribution in [0.3, 0.4) is 0 Å². The maximum atomic E-state index is 13.0. The summed E-state index contributed by atoms with van der Waals surface area (Å²) >= 11 is 0. The summed E-state index contributed by atoms with van der Waals surface area (Å²) in [5, 5.41) is 0.0760. The number of imide groups is 1. The number of carbonyl (C=O) groups is 2. The molecule has 158 valence electrons. The van der Waals surface area contributed by atoms with Crippen LogP contribution in [0.5, 0.6) is 0 Å². The molecule has 5 heteroatoms. The lowest BCUT2D eigenvalue weighted by molar-refractivity contribution is 0.0569. The molecule has 0 unspecified atom stereocenters. The predicted molar refractivity (Wildman–Crippen MR) is 120 cm³/mol. The minimum atomic E-state index is -1.99. The third-order valence-corrected chi connectivity index (χ3v) is 11.3. The van der Waals surface area contributed by atoms with Gasteiger partial charge in [0.05, 0.1) is 23.8 Å². The first kappa shape index (κ1) is 22.0. The van der Waals surface area contributed by atoms with Crippen LogP contribution in [0.4, 0.5) is 0 Å². The van der Waals surface area contributed by atoms with Crippen molar-refractivity contribution in [2.75, 3.05) is 6.61 Å². The van der Waals surface area contributed by atoms with Crippen LogP contribution in [0.25, 0.3) is 0 Å². The Morgan fingerprint density at radius 3 is 2.14 bits per heavy atom. The highest BCUT2D eigenvalue weighted by Crippen LogP contribution is 2.37. The number of rotatable bonds is 6. The van der Waals surface area contributed by atoms with E-state index in [4.69, 9.17) is 4.43 Å². The third-order valence-electron chi connectivity index (χ3n) is 6.83. The molecule has 1 aromatic carbocycles. The molecule has 1 aliphatic heterocycles. The monoisotopic (exact) mass is 413 g/mol. The average Bonchev–Trinajstić information content (AvgIpc) is 2.93. The molecule has 4 nitrogen and oxygen atoms in total. The van der Waals surface area contributed by atoms with Gasteiger partial charge in [-0.3, -0.25) is 14.5 Å². The summed E-state index contributed by atoms with van der Waals surface area (Å²) in [6.07, 6.45) is 10.5. The lowest BCUT2D eigenvalue weighted by atomic mass is 9.89. The average molecular weight is 414 g/mol. The van der Waals surface area contributed by atoms with Gasteiger partial charge < -0.3 is 4.43 Å². The van der Waals surface area contributed by atoms with E-state index in [2.05, 4.69) is 46.0 Å². The Bertz CT molecular complexity index is 753. The fourth-order valence-electron chi connectivity index (χ4n) is 3.85. The molecule has 0 aromatic heterocycles. The molecule has 0 spiro atoms. The van der Waals surface area contributed by atoms with Crippen molar-refractivity contribution < 1.29 is 14.0 Å². The molecule has 1 saturated carbocycles. The summed E-state index contributed by atoms with van der Waals surface area (Å²) in [6, 6.07) is 6.75. The summed E-state index contributed by atoms with van der Waals surface area (Å²) in [4.78, 5) is 27.5. The van der Waals surface area contributed by atoms with Gasteiger partial charge in [0, 0.05) is 0 Å². The van der Waals surface area contributed by atoms with Crippen molar-refractivity contribution in [3.05, 3.63) is 47.5 Å². The molecule has 1 heterocycles. The fraction of sp³-hybridized carbons (Fsp3) is 0.583. The van der Waals surface area contributed by atoms with Crippen LogP contribution in [-0.4, -0.2) is 37.7 Å². The minimum absolute atomic E-state index is 0.0760. The Morgan fingerprint density at radius 1 is 1.07 bits per heavy atom. The van der Waals surface area contributed by atoms with Crippen LogP contribution < -0.4 is 0 Å². The highest BCUT2D eigenvalue weighted by Gasteiger charge is 2.42. The van der Waals surface area contributed by atoms with Crippen LogP contribution in [0, 0.1) is 5.92 Å². The first-order valence-electron chi connectivity index (χ1n) is 10.9. The molecule has 1 aliphatic carbocycles. The quantitative estimate of drug-likeness (QED) is 0.336. The first-order chi connectivity index (χ1) is 13.6. The van der Waals surface area contributed by atoms with E-state index in [-0.39, 0.29) is 22.9 Å². The summed E-state index contributed by atoms with van der Waals surface area (Å²) < 4.78 is 6.45. The molecule has 1 aromatic rings. The van der Waals surface area contributed by atoms with E-state index in [1.54, 1.807) is 12.1 Å². The van der Waals surface area contributed by atoms with E-state index in [0.29, 0.717) is 23.7 Å². The lowest BCUT2D eigenvalue weighted by Gasteiger charge is -2.38. The van der Waals surface area contributed by atoms with E-state index in [1.165, 1.54) is 37.0 Å². The molecular weight excluding hydrogens is 378 g/mol. The SMILES string of the molecule is CC(C)(C)[Si](C)(C)OC[C@@H](C=CC1CCCCC1)N1C(=O)c2ccccc2C1=O. The molecule has 0 saturated heterocycles. The third kappa shape index (κ3) is 4.72. The highest BCUT2D eigenvalue weighted by atomic mass is 28.4. The van der Waals surface area contributed by atoms with Gasteiger partial charge in [-0.05, 0) is 49.0 Å². The van der Waals surface area contributed by atoms with Crippen molar-refractivity contribution >= 4 is 20.1 Å². The molecule has 3 rings (SSSR count). The van der Waals surface area contributed by atoms with Gasteiger partial charge in [-0.2, -0.15) is 0 Å². The van der Waals surface area contributed by atoms with Gasteiger partial charge in [-0.25, -0.2) is 0 Å². The lowest BCUT2D eigenvalue weighted by Crippen LogP contribution is -2.47. The highest BCUT2D eigenvalue weighted by molar-refractivity contribution is 6.74. The van der Waals surface area contributed by atoms with Crippen molar-refractivity contribution in [3.8, 4) is 0 Å².